The van der Waals surface area contributed by atoms with Crippen molar-refractivity contribution in [2.45, 2.75) is 12.8 Å². The molecule has 2 aromatic rings. The van der Waals surface area contributed by atoms with Gasteiger partial charge >= 0.3 is 0 Å². The Labute approximate surface area is 151 Å². The maximum absolute atomic E-state index is 12.0. The first-order valence-corrected chi connectivity index (χ1v) is 8.60. The monoisotopic (exact) mass is 364 g/mol. The molecule has 0 spiro atoms. The molecule has 4 nitrogen and oxygen atoms in total. The Morgan fingerprint density at radius 1 is 1.08 bits per heavy atom. The van der Waals surface area contributed by atoms with Crippen LogP contribution in [0.25, 0.3) is 0 Å². The van der Waals surface area contributed by atoms with Crippen LogP contribution < -0.4 is 15.0 Å². The fraction of sp³-hybridized carbons (Fsp3) is 0.278. The summed E-state index contributed by atoms with van der Waals surface area (Å²) < 4.78 is 5.42. The second kappa shape index (κ2) is 7.77. The number of hydrogen-bond acceptors (Lipinski definition) is 3. The molecule has 1 amide bonds. The van der Waals surface area contributed by atoms with Crippen LogP contribution in [0.5, 0.6) is 5.75 Å². The van der Waals surface area contributed by atoms with Crippen LogP contribution in [0.1, 0.15) is 12.8 Å². The summed E-state index contributed by atoms with van der Waals surface area (Å²) in [6, 6.07) is 12.7. The molecule has 126 valence electrons. The molecule has 3 rings (SSSR count). The van der Waals surface area contributed by atoms with Gasteiger partial charge < -0.3 is 15.0 Å². The molecule has 0 aliphatic carbocycles. The van der Waals surface area contributed by atoms with E-state index in [9.17, 15) is 4.79 Å². The van der Waals surface area contributed by atoms with Crippen LogP contribution in [-0.4, -0.2) is 25.6 Å². The van der Waals surface area contributed by atoms with Gasteiger partial charge in [-0.1, -0.05) is 23.2 Å². The molecule has 1 saturated heterocycles. The van der Waals surface area contributed by atoms with Crippen molar-refractivity contribution in [3.05, 3.63) is 52.5 Å². The molecule has 0 unspecified atom stereocenters. The number of carbonyl (C=O) groups excluding carboxylic acids is 1. The molecule has 1 aliphatic rings. The standard InChI is InChI=1S/C18H18Cl2N2O2/c19-13-3-8-17(16(20)11-13)24-12-18(23)21-14-4-6-15(7-5-14)22-9-1-2-10-22/h3-8,11H,1-2,9-10,12H2,(H,21,23). The van der Waals surface area contributed by atoms with Crippen molar-refractivity contribution in [1.29, 1.82) is 0 Å². The van der Waals surface area contributed by atoms with Crippen molar-refractivity contribution in [3.63, 3.8) is 0 Å². The van der Waals surface area contributed by atoms with Gasteiger partial charge in [0.1, 0.15) is 5.75 Å². The molecule has 0 bridgehead atoms. The fourth-order valence-corrected chi connectivity index (χ4v) is 3.13. The highest BCUT2D eigenvalue weighted by Crippen LogP contribution is 2.27. The number of ether oxygens (including phenoxy) is 1. The van der Waals surface area contributed by atoms with Crippen molar-refractivity contribution in [3.8, 4) is 5.75 Å². The van der Waals surface area contributed by atoms with Gasteiger partial charge in [-0.15, -0.1) is 0 Å². The summed E-state index contributed by atoms with van der Waals surface area (Å²) in [5.74, 6) is 0.190. The van der Waals surface area contributed by atoms with E-state index in [0.717, 1.165) is 18.8 Å². The second-order valence-corrected chi connectivity index (χ2v) is 6.50. The third kappa shape index (κ3) is 4.34. The predicted molar refractivity (Wildman–Crippen MR) is 98.5 cm³/mol. The van der Waals surface area contributed by atoms with Crippen LogP contribution in [0.4, 0.5) is 11.4 Å². The first-order valence-electron chi connectivity index (χ1n) is 7.84. The highest BCUT2D eigenvalue weighted by atomic mass is 35.5. The lowest BCUT2D eigenvalue weighted by Crippen LogP contribution is -2.20. The van der Waals surface area contributed by atoms with E-state index in [1.807, 2.05) is 24.3 Å². The van der Waals surface area contributed by atoms with Crippen molar-refractivity contribution in [2.24, 2.45) is 0 Å². The van der Waals surface area contributed by atoms with Gasteiger partial charge in [0.25, 0.3) is 5.91 Å². The van der Waals surface area contributed by atoms with E-state index in [4.69, 9.17) is 27.9 Å². The van der Waals surface area contributed by atoms with E-state index >= 15 is 0 Å². The molecule has 6 heteroatoms. The Bertz CT molecular complexity index is 713. The Hall–Kier alpha value is -1.91. The third-order valence-corrected chi connectivity index (χ3v) is 4.41. The van der Waals surface area contributed by atoms with Crippen molar-refractivity contribution < 1.29 is 9.53 Å². The van der Waals surface area contributed by atoms with Crippen molar-refractivity contribution >= 4 is 40.5 Å². The number of hydrogen-bond donors (Lipinski definition) is 1. The summed E-state index contributed by atoms with van der Waals surface area (Å²) in [6.07, 6.45) is 2.48. The first-order chi connectivity index (χ1) is 11.6. The van der Waals surface area contributed by atoms with Gasteiger partial charge in [0.15, 0.2) is 6.61 Å². The molecule has 24 heavy (non-hydrogen) atoms. The lowest BCUT2D eigenvalue weighted by Gasteiger charge is -2.17. The highest BCUT2D eigenvalue weighted by Gasteiger charge is 2.12. The van der Waals surface area contributed by atoms with Crippen LogP contribution >= 0.6 is 23.2 Å². The molecule has 0 aromatic heterocycles. The van der Waals surface area contributed by atoms with Gasteiger partial charge in [0, 0.05) is 29.5 Å². The fourth-order valence-electron chi connectivity index (χ4n) is 2.66. The maximum Gasteiger partial charge on any atom is 0.262 e. The van der Waals surface area contributed by atoms with Crippen LogP contribution in [0.2, 0.25) is 10.0 Å². The molecule has 0 saturated carbocycles. The average molecular weight is 365 g/mol. The largest absolute Gasteiger partial charge is 0.482 e. The molecule has 1 aliphatic heterocycles. The minimum absolute atomic E-state index is 0.116. The number of carbonyl (C=O) groups is 1. The lowest BCUT2D eigenvalue weighted by atomic mass is 10.2. The van der Waals surface area contributed by atoms with E-state index in [-0.39, 0.29) is 12.5 Å². The molecule has 0 radical (unpaired) electrons. The topological polar surface area (TPSA) is 41.6 Å². The van der Waals surface area contributed by atoms with E-state index in [1.165, 1.54) is 18.5 Å². The summed E-state index contributed by atoms with van der Waals surface area (Å²) in [4.78, 5) is 14.3. The SMILES string of the molecule is O=C(COc1ccc(Cl)cc1Cl)Nc1ccc(N2CCCC2)cc1. The van der Waals surface area contributed by atoms with Gasteiger partial charge in [0.2, 0.25) is 0 Å². The normalized spacial score (nSPS) is 13.8. The summed E-state index contributed by atoms with van der Waals surface area (Å²) in [5.41, 5.74) is 1.93. The predicted octanol–water partition coefficient (Wildman–Crippen LogP) is 4.61. The van der Waals surface area contributed by atoms with E-state index in [2.05, 4.69) is 10.2 Å². The van der Waals surface area contributed by atoms with Gasteiger partial charge in [0.05, 0.1) is 5.02 Å². The van der Waals surface area contributed by atoms with Gasteiger partial charge in [-0.2, -0.15) is 0 Å². The Morgan fingerprint density at radius 3 is 2.46 bits per heavy atom. The molecule has 1 heterocycles. The van der Waals surface area contributed by atoms with Gasteiger partial charge in [-0.25, -0.2) is 0 Å². The quantitative estimate of drug-likeness (QED) is 0.841. The summed E-state index contributed by atoms with van der Waals surface area (Å²) >= 11 is 11.8. The summed E-state index contributed by atoms with van der Waals surface area (Å²) in [6.45, 7) is 2.08. The Morgan fingerprint density at radius 2 is 1.79 bits per heavy atom. The lowest BCUT2D eigenvalue weighted by molar-refractivity contribution is -0.118. The van der Waals surface area contributed by atoms with Crippen molar-refractivity contribution in [2.75, 3.05) is 29.9 Å². The molecule has 1 fully saturated rings. The zero-order valence-electron chi connectivity index (χ0n) is 13.1. The molecular weight excluding hydrogens is 347 g/mol. The second-order valence-electron chi connectivity index (χ2n) is 5.65. The third-order valence-electron chi connectivity index (χ3n) is 3.87. The van der Waals surface area contributed by atoms with Crippen LogP contribution in [0.15, 0.2) is 42.5 Å². The van der Waals surface area contributed by atoms with Crippen LogP contribution in [0, 0.1) is 0 Å². The molecular formula is C18H18Cl2N2O2. The van der Waals surface area contributed by atoms with Gasteiger partial charge in [-0.3, -0.25) is 4.79 Å². The zero-order valence-corrected chi connectivity index (χ0v) is 14.6. The number of amides is 1. The number of halogens is 2. The molecule has 2 aromatic carbocycles. The first kappa shape index (κ1) is 16.9. The van der Waals surface area contributed by atoms with E-state index in [0.29, 0.717) is 15.8 Å². The zero-order chi connectivity index (χ0) is 16.9. The van der Waals surface area contributed by atoms with Crippen LogP contribution in [0.3, 0.4) is 0 Å². The minimum atomic E-state index is -0.241. The number of rotatable bonds is 5. The van der Waals surface area contributed by atoms with Crippen LogP contribution in [-0.2, 0) is 4.79 Å². The Balaban J connectivity index is 1.52. The highest BCUT2D eigenvalue weighted by molar-refractivity contribution is 6.35. The maximum atomic E-state index is 12.0. The molecule has 0 atom stereocenters. The smallest absolute Gasteiger partial charge is 0.262 e. The number of nitrogens with zero attached hydrogens (tertiary/aromatic N) is 1. The van der Waals surface area contributed by atoms with E-state index in [1.54, 1.807) is 18.2 Å². The number of nitrogens with one attached hydrogen (secondary N) is 1. The minimum Gasteiger partial charge on any atom is -0.482 e. The van der Waals surface area contributed by atoms with Crippen molar-refractivity contribution in [1.82, 2.24) is 0 Å². The van der Waals surface area contributed by atoms with Gasteiger partial charge in [-0.05, 0) is 55.3 Å². The number of anilines is 2. The molecule has 1 N–H and O–H groups in total. The number of benzene rings is 2. The average Bonchev–Trinajstić information content (AvgIpc) is 3.09. The Kier molecular flexibility index (Phi) is 5.48. The summed E-state index contributed by atoms with van der Waals surface area (Å²) in [5, 5.41) is 3.71. The van der Waals surface area contributed by atoms with E-state index < -0.39 is 0 Å². The summed E-state index contributed by atoms with van der Waals surface area (Å²) in [7, 11) is 0.